The minimum atomic E-state index is -1.79. The number of hydrogen-bond acceptors (Lipinski definition) is 15. The van der Waals surface area contributed by atoms with Gasteiger partial charge < -0.3 is 69.9 Å². The average molecular weight is 804 g/mol. The van der Waals surface area contributed by atoms with Gasteiger partial charge in [0, 0.05) is 44.6 Å². The van der Waals surface area contributed by atoms with Crippen LogP contribution in [0.1, 0.15) is 114 Å². The van der Waals surface area contributed by atoms with Gasteiger partial charge >= 0.3 is 5.97 Å². The summed E-state index contributed by atoms with van der Waals surface area (Å²) >= 11 is 0. The number of aliphatic hydroxyl groups is 5. The van der Waals surface area contributed by atoms with Gasteiger partial charge in [0.05, 0.1) is 42.0 Å². The Balaban J connectivity index is 1.77. The molecule has 15 heteroatoms. The number of aliphatic hydroxyl groups excluding tert-OH is 2. The van der Waals surface area contributed by atoms with Gasteiger partial charge in [-0.15, -0.1) is 0 Å². The summed E-state index contributed by atoms with van der Waals surface area (Å²) in [7, 11) is 1.56. The summed E-state index contributed by atoms with van der Waals surface area (Å²) < 4.78 is 38.2. The fraction of sp³-hybridized carbons (Fsp3) is 0.976. The van der Waals surface area contributed by atoms with E-state index >= 15 is 0 Å². The lowest BCUT2D eigenvalue weighted by molar-refractivity contribution is -0.338. The molecule has 56 heavy (non-hydrogen) atoms. The van der Waals surface area contributed by atoms with Crippen molar-refractivity contribution in [3.63, 3.8) is 0 Å². The van der Waals surface area contributed by atoms with E-state index in [4.69, 9.17) is 34.2 Å². The van der Waals surface area contributed by atoms with Crippen LogP contribution in [0.2, 0.25) is 0 Å². The Morgan fingerprint density at radius 1 is 0.946 bits per heavy atom. The topological polar surface area (TPSA) is 215 Å². The number of piperidine rings is 1. The summed E-state index contributed by atoms with van der Waals surface area (Å²) in [4.78, 5) is 16.6. The number of likely N-dealkylation sites (tertiary alicyclic amines) is 1. The third kappa shape index (κ3) is 10.4. The van der Waals surface area contributed by atoms with Crippen LogP contribution in [-0.2, 0) is 33.2 Å². The van der Waals surface area contributed by atoms with Crippen molar-refractivity contribution in [2.75, 3.05) is 33.3 Å². The van der Waals surface area contributed by atoms with Crippen LogP contribution < -0.4 is 11.1 Å². The maximum atomic E-state index is 14.3. The van der Waals surface area contributed by atoms with Crippen molar-refractivity contribution in [3.05, 3.63) is 0 Å². The van der Waals surface area contributed by atoms with Gasteiger partial charge in [-0.2, -0.15) is 0 Å². The molecule has 0 aromatic heterocycles. The van der Waals surface area contributed by atoms with Gasteiger partial charge in [-0.1, -0.05) is 27.2 Å². The van der Waals surface area contributed by atoms with Crippen LogP contribution in [0.3, 0.4) is 0 Å². The van der Waals surface area contributed by atoms with Gasteiger partial charge in [0.25, 0.3) is 0 Å². The fourth-order valence-corrected chi connectivity index (χ4v) is 9.71. The molecule has 0 aromatic carbocycles. The van der Waals surface area contributed by atoms with E-state index in [1.54, 1.807) is 48.7 Å². The minimum Gasteiger partial charge on any atom is -0.459 e. The zero-order valence-electron chi connectivity index (χ0n) is 36.0. The highest BCUT2D eigenvalue weighted by atomic mass is 16.7. The Bertz CT molecular complexity index is 1260. The molecule has 4 saturated heterocycles. The van der Waals surface area contributed by atoms with Crippen LogP contribution in [-0.4, -0.2) is 159 Å². The van der Waals surface area contributed by atoms with E-state index in [1.807, 2.05) is 20.8 Å². The number of hydrogen-bond donors (Lipinski definition) is 7. The average Bonchev–Trinajstić information content (AvgIpc) is 3.13. The number of nitrogens with one attached hydrogen (secondary N) is 1. The molecular weight excluding hydrogens is 726 g/mol. The Hall–Kier alpha value is -1.05. The molecule has 18 atom stereocenters. The number of nitrogens with two attached hydrogens (primary N) is 1. The van der Waals surface area contributed by atoms with Gasteiger partial charge in [0.1, 0.15) is 29.0 Å². The third-order valence-electron chi connectivity index (χ3n) is 13.5. The number of carbonyl (C=O) groups is 1. The summed E-state index contributed by atoms with van der Waals surface area (Å²) in [6, 6.07) is -0.947. The summed E-state index contributed by atoms with van der Waals surface area (Å²) in [5.74, 6) is -2.98. The highest BCUT2D eigenvalue weighted by molar-refractivity contribution is 5.73. The fourth-order valence-electron chi connectivity index (χ4n) is 9.71. The molecule has 15 nitrogen and oxygen atoms in total. The van der Waals surface area contributed by atoms with Gasteiger partial charge in [-0.25, -0.2) is 0 Å². The summed E-state index contributed by atoms with van der Waals surface area (Å²) in [5, 5.41) is 62.4. The first-order valence-corrected chi connectivity index (χ1v) is 21.1. The van der Waals surface area contributed by atoms with Crippen LogP contribution in [0.25, 0.3) is 0 Å². The number of methoxy groups -OCH3 is 1. The normalized spacial score (nSPS) is 49.8. The maximum Gasteiger partial charge on any atom is 0.311 e. The lowest BCUT2D eigenvalue weighted by Crippen LogP contribution is -2.70. The summed E-state index contributed by atoms with van der Waals surface area (Å²) in [6.45, 7) is 19.9. The predicted molar refractivity (Wildman–Crippen MR) is 209 cm³/mol. The maximum absolute atomic E-state index is 14.3. The van der Waals surface area contributed by atoms with Gasteiger partial charge in [-0.3, -0.25) is 4.79 Å². The zero-order valence-corrected chi connectivity index (χ0v) is 36.0. The molecule has 4 aliphatic rings. The summed E-state index contributed by atoms with van der Waals surface area (Å²) in [6.07, 6.45) is -4.77. The number of rotatable bonds is 8. The molecule has 8 N–H and O–H groups in total. The molecular formula is C41H77N3O12. The third-order valence-corrected chi connectivity index (χ3v) is 13.5. The molecule has 0 spiro atoms. The molecule has 0 saturated carbocycles. The molecule has 0 amide bonds. The van der Waals surface area contributed by atoms with Crippen molar-refractivity contribution in [1.29, 1.82) is 0 Å². The van der Waals surface area contributed by atoms with Crippen LogP contribution in [0.5, 0.6) is 0 Å². The Labute approximate surface area is 335 Å². The molecule has 1 unspecified atom stereocenters. The highest BCUT2D eigenvalue weighted by Crippen LogP contribution is 2.44. The van der Waals surface area contributed by atoms with E-state index in [2.05, 4.69) is 10.2 Å². The smallest absolute Gasteiger partial charge is 0.311 e. The second-order valence-corrected chi connectivity index (χ2v) is 18.5. The van der Waals surface area contributed by atoms with Crippen molar-refractivity contribution < 1.29 is 58.7 Å². The molecule has 4 fully saturated rings. The number of carbonyl (C=O) groups excluding carboxylic acids is 1. The molecule has 0 bridgehead atoms. The van der Waals surface area contributed by atoms with E-state index < -0.39 is 101 Å². The molecule has 328 valence electrons. The van der Waals surface area contributed by atoms with Gasteiger partial charge in [0.2, 0.25) is 0 Å². The molecule has 4 heterocycles. The van der Waals surface area contributed by atoms with E-state index in [0.717, 1.165) is 32.4 Å². The monoisotopic (exact) mass is 804 g/mol. The lowest BCUT2D eigenvalue weighted by Gasteiger charge is -2.55. The van der Waals surface area contributed by atoms with Crippen LogP contribution in [0, 0.1) is 17.8 Å². The first-order valence-electron chi connectivity index (χ1n) is 21.1. The number of β-amino-alcohol motifs (C(OH)–C–C–N with tert-alkyl or cyclic N) is 1. The van der Waals surface area contributed by atoms with Crippen molar-refractivity contribution in [2.24, 2.45) is 23.5 Å². The summed E-state index contributed by atoms with van der Waals surface area (Å²) in [5.41, 5.74) is 0.397. The van der Waals surface area contributed by atoms with Crippen LogP contribution in [0.4, 0.5) is 0 Å². The Morgan fingerprint density at radius 3 is 2.20 bits per heavy atom. The Kier molecular flexibility index (Phi) is 16.3. The van der Waals surface area contributed by atoms with E-state index in [9.17, 15) is 30.3 Å². The van der Waals surface area contributed by atoms with Crippen molar-refractivity contribution in [2.45, 2.75) is 204 Å². The van der Waals surface area contributed by atoms with Gasteiger partial charge in [-0.05, 0) is 99.6 Å². The number of cyclic esters (lactones) is 1. The highest BCUT2D eigenvalue weighted by Gasteiger charge is 2.59. The molecule has 0 radical (unpaired) electrons. The second-order valence-electron chi connectivity index (χ2n) is 18.5. The van der Waals surface area contributed by atoms with E-state index in [1.165, 1.54) is 6.92 Å². The molecule has 4 rings (SSSR count). The molecule has 4 aliphatic heterocycles. The van der Waals surface area contributed by atoms with Crippen molar-refractivity contribution >= 4 is 5.97 Å². The quantitative estimate of drug-likeness (QED) is 0.174. The van der Waals surface area contributed by atoms with E-state index in [-0.39, 0.29) is 31.4 Å². The van der Waals surface area contributed by atoms with Crippen LogP contribution in [0.15, 0.2) is 0 Å². The van der Waals surface area contributed by atoms with E-state index in [0.29, 0.717) is 19.5 Å². The van der Waals surface area contributed by atoms with Crippen LogP contribution >= 0.6 is 0 Å². The predicted octanol–water partition coefficient (Wildman–Crippen LogP) is 1.81. The second kappa shape index (κ2) is 19.1. The first-order chi connectivity index (χ1) is 26.0. The molecule has 0 aliphatic carbocycles. The van der Waals surface area contributed by atoms with Crippen molar-refractivity contribution in [1.82, 2.24) is 10.2 Å². The SMILES string of the molecule is CC[C@@H]1OC(=O)[C@H](C)[C@H](OC2C[C@@](C)(OC)[C@](O)(CN3CCCCC3)[C@H](C)O2)[C@@H](C)[C@@H](O[C@@H]2O[C@H](C)C[C@H](N)[C@H]2O)[C@](C)(O)C[C@@H](C)NC[C@@H](C)[C@H](O)[C@]1(C)O. The van der Waals surface area contributed by atoms with Crippen molar-refractivity contribution in [3.8, 4) is 0 Å². The largest absolute Gasteiger partial charge is 0.459 e. The number of esters is 1. The number of ether oxygens (including phenoxy) is 6. The first kappa shape index (κ1) is 47.6. The molecule has 0 aromatic rings. The zero-order chi connectivity index (χ0) is 42.0. The Morgan fingerprint density at radius 2 is 1.59 bits per heavy atom. The van der Waals surface area contributed by atoms with Gasteiger partial charge in [0.15, 0.2) is 12.6 Å². The number of nitrogens with zero attached hydrogens (tertiary/aromatic N) is 1. The lowest BCUT2D eigenvalue weighted by atomic mass is 9.74. The minimum absolute atomic E-state index is 0.110. The standard InChI is InChI=1S/C41H77N3O12/c1-12-30-40(10,49)34(46)23(2)21-43-24(3)19-38(8,48)35(56-37-32(45)29(42)18-25(4)52-37)26(5)33(27(6)36(47)54-30)55-31-20-39(9,51-11)41(50,28(7)53-31)22-44-16-14-13-15-17-44/h23-35,37,43,45-46,48-50H,12-22,42H2,1-11H3/t23-,24-,25-,26-,27-,28+,29+,30+,31?,32-,33-,34+,35-,37+,38-,39-,40-,41+/m1/s1.